The van der Waals surface area contributed by atoms with Crippen LogP contribution in [0.5, 0.6) is 0 Å². The van der Waals surface area contributed by atoms with Gasteiger partial charge in [-0.25, -0.2) is 4.98 Å². The molecule has 1 N–H and O–H groups in total. The summed E-state index contributed by atoms with van der Waals surface area (Å²) in [5.41, 5.74) is 1.20. The largest absolute Gasteiger partial charge is 0.481 e. The first-order valence-electron chi connectivity index (χ1n) is 6.67. The molecule has 1 aromatic rings. The van der Waals surface area contributed by atoms with Crippen molar-refractivity contribution in [3.63, 3.8) is 0 Å². The Morgan fingerprint density at radius 3 is 3.00 bits per heavy atom. The van der Waals surface area contributed by atoms with Crippen molar-refractivity contribution >= 4 is 17.7 Å². The first-order valence-corrected chi connectivity index (χ1v) is 7.66. The number of aromatic nitrogens is 2. The topological polar surface area (TPSA) is 58.4 Å². The highest BCUT2D eigenvalue weighted by Gasteiger charge is 2.22. The number of aryl methyl sites for hydroxylation is 1. The molecule has 2 heterocycles. The lowest BCUT2D eigenvalue weighted by molar-refractivity contribution is -0.133. The molecule has 19 heavy (non-hydrogen) atoms. The second kappa shape index (κ2) is 6.43. The third-order valence-corrected chi connectivity index (χ3v) is 4.49. The monoisotopic (exact) mass is 283 g/mol. The predicted molar refractivity (Wildman–Crippen MR) is 75.6 cm³/mol. The van der Waals surface area contributed by atoms with E-state index in [-0.39, 0.29) is 5.75 Å². The molecule has 1 atom stereocenters. The molecule has 1 aliphatic heterocycles. The summed E-state index contributed by atoms with van der Waals surface area (Å²) in [5.74, 6) is -0.0723. The van der Waals surface area contributed by atoms with Gasteiger partial charge >= 0.3 is 5.97 Å². The molecule has 106 valence electrons. The van der Waals surface area contributed by atoms with Gasteiger partial charge in [-0.1, -0.05) is 18.7 Å². The Morgan fingerprint density at radius 1 is 1.63 bits per heavy atom. The molecule has 0 radical (unpaired) electrons. The van der Waals surface area contributed by atoms with Crippen molar-refractivity contribution in [1.29, 1.82) is 0 Å². The first kappa shape index (κ1) is 14.4. The van der Waals surface area contributed by atoms with Crippen LogP contribution < -0.4 is 0 Å². The number of rotatable bonds is 6. The molecule has 0 bridgehead atoms. The molecule has 1 aromatic heterocycles. The molecule has 0 saturated carbocycles. The zero-order chi connectivity index (χ0) is 13.8. The van der Waals surface area contributed by atoms with E-state index in [9.17, 15) is 4.79 Å². The van der Waals surface area contributed by atoms with Crippen LogP contribution >= 0.6 is 11.8 Å². The fourth-order valence-corrected chi connectivity index (χ4v) is 3.27. The van der Waals surface area contributed by atoms with Crippen LogP contribution in [0.4, 0.5) is 0 Å². The van der Waals surface area contributed by atoms with Crippen LogP contribution in [0, 0.1) is 5.92 Å². The summed E-state index contributed by atoms with van der Waals surface area (Å²) in [6.07, 6.45) is 4.02. The van der Waals surface area contributed by atoms with E-state index in [0.29, 0.717) is 5.92 Å². The number of carbonyl (C=O) groups is 1. The highest BCUT2D eigenvalue weighted by molar-refractivity contribution is 7.99. The van der Waals surface area contributed by atoms with Crippen molar-refractivity contribution < 1.29 is 9.90 Å². The number of likely N-dealkylation sites (tertiary alicyclic amines) is 1. The van der Waals surface area contributed by atoms with Gasteiger partial charge in [0.25, 0.3) is 0 Å². The fourth-order valence-electron chi connectivity index (χ4n) is 2.54. The lowest BCUT2D eigenvalue weighted by atomic mass is 10.1. The number of hydrogen-bond donors (Lipinski definition) is 1. The summed E-state index contributed by atoms with van der Waals surface area (Å²) < 4.78 is 2.21. The van der Waals surface area contributed by atoms with Crippen molar-refractivity contribution in [2.75, 3.05) is 25.9 Å². The average Bonchev–Trinajstić information content (AvgIpc) is 2.94. The quantitative estimate of drug-likeness (QED) is 0.803. The van der Waals surface area contributed by atoms with Crippen LogP contribution in [-0.2, 0) is 17.8 Å². The summed E-state index contributed by atoms with van der Waals surface area (Å²) in [6, 6.07) is 0. The van der Waals surface area contributed by atoms with Crippen molar-refractivity contribution in [2.24, 2.45) is 5.92 Å². The van der Waals surface area contributed by atoms with Crippen molar-refractivity contribution in [3.05, 3.63) is 11.9 Å². The minimum Gasteiger partial charge on any atom is -0.481 e. The predicted octanol–water partition coefficient (Wildman–Crippen LogP) is 1.57. The van der Waals surface area contributed by atoms with Crippen LogP contribution in [0.1, 0.15) is 19.0 Å². The second-order valence-electron chi connectivity index (χ2n) is 5.10. The molecule has 0 aliphatic carbocycles. The number of thioether (sulfide) groups is 1. The number of imidazole rings is 1. The Hall–Kier alpha value is -1.01. The van der Waals surface area contributed by atoms with Gasteiger partial charge in [-0.3, -0.25) is 4.79 Å². The van der Waals surface area contributed by atoms with Gasteiger partial charge in [0, 0.05) is 25.0 Å². The van der Waals surface area contributed by atoms with Crippen molar-refractivity contribution in [1.82, 2.24) is 14.5 Å². The molecule has 0 amide bonds. The first-order chi connectivity index (χ1) is 9.10. The van der Waals surface area contributed by atoms with Crippen LogP contribution in [0.2, 0.25) is 0 Å². The lowest BCUT2D eigenvalue weighted by Crippen LogP contribution is -2.18. The molecule has 5 nitrogen and oxygen atoms in total. The number of carboxylic acids is 1. The Kier molecular flexibility index (Phi) is 4.87. The third-order valence-electron chi connectivity index (χ3n) is 3.52. The summed E-state index contributed by atoms with van der Waals surface area (Å²) in [6.45, 7) is 5.33. The van der Waals surface area contributed by atoms with Crippen molar-refractivity contribution in [2.45, 2.75) is 31.5 Å². The van der Waals surface area contributed by atoms with Gasteiger partial charge in [-0.05, 0) is 32.4 Å². The number of carboxylic acid groups (broad SMARTS) is 1. The SMILES string of the molecule is CCc1cnc(SCC(=O)O)n1CC1CCN(C)C1. The maximum atomic E-state index is 10.7. The molecule has 2 rings (SSSR count). The second-order valence-corrected chi connectivity index (χ2v) is 6.04. The highest BCUT2D eigenvalue weighted by atomic mass is 32.2. The Labute approximate surface area is 118 Å². The smallest absolute Gasteiger partial charge is 0.313 e. The molecule has 6 heteroatoms. The number of nitrogens with zero attached hydrogens (tertiary/aromatic N) is 3. The van der Waals surface area contributed by atoms with Crippen LogP contribution in [-0.4, -0.2) is 51.4 Å². The molecule has 1 unspecified atom stereocenters. The van der Waals surface area contributed by atoms with Gasteiger partial charge in [-0.2, -0.15) is 0 Å². The number of aliphatic carboxylic acids is 1. The maximum absolute atomic E-state index is 10.7. The molecular weight excluding hydrogens is 262 g/mol. The molecule has 1 saturated heterocycles. The summed E-state index contributed by atoms with van der Waals surface area (Å²) in [7, 11) is 2.15. The molecule has 1 aliphatic rings. The standard InChI is InChI=1S/C13H21N3O2S/c1-3-11-6-14-13(19-9-12(17)18)16(11)8-10-4-5-15(2)7-10/h6,10H,3-5,7-9H2,1-2H3,(H,17,18). The third kappa shape index (κ3) is 3.73. The van der Waals surface area contributed by atoms with Gasteiger partial charge in [0.15, 0.2) is 5.16 Å². The zero-order valence-corrected chi connectivity index (χ0v) is 12.3. The van der Waals surface area contributed by atoms with Gasteiger partial charge in [0.05, 0.1) is 5.75 Å². The molecule has 0 spiro atoms. The van der Waals surface area contributed by atoms with E-state index in [4.69, 9.17) is 5.11 Å². The lowest BCUT2D eigenvalue weighted by Gasteiger charge is -2.15. The average molecular weight is 283 g/mol. The van der Waals surface area contributed by atoms with Crippen LogP contribution in [0.15, 0.2) is 11.4 Å². The Balaban J connectivity index is 2.07. The van der Waals surface area contributed by atoms with Gasteiger partial charge in [0.2, 0.25) is 0 Å². The fraction of sp³-hybridized carbons (Fsp3) is 0.692. The normalized spacial score (nSPS) is 20.0. The van der Waals surface area contributed by atoms with Gasteiger partial charge in [-0.15, -0.1) is 0 Å². The highest BCUT2D eigenvalue weighted by Crippen LogP contribution is 2.23. The Bertz CT molecular complexity index is 447. The number of hydrogen-bond acceptors (Lipinski definition) is 4. The summed E-state index contributed by atoms with van der Waals surface area (Å²) in [5, 5.41) is 9.63. The van der Waals surface area contributed by atoms with Gasteiger partial charge < -0.3 is 14.6 Å². The molecular formula is C13H21N3O2S. The van der Waals surface area contributed by atoms with E-state index in [1.54, 1.807) is 0 Å². The summed E-state index contributed by atoms with van der Waals surface area (Å²) in [4.78, 5) is 17.4. The molecule has 1 fully saturated rings. The minimum atomic E-state index is -0.793. The van der Waals surface area contributed by atoms with E-state index < -0.39 is 5.97 Å². The molecule has 0 aromatic carbocycles. The van der Waals surface area contributed by atoms with E-state index >= 15 is 0 Å². The van der Waals surface area contributed by atoms with E-state index in [0.717, 1.165) is 31.2 Å². The minimum absolute atomic E-state index is 0.0741. The van der Waals surface area contributed by atoms with E-state index in [1.165, 1.54) is 23.9 Å². The Morgan fingerprint density at radius 2 is 2.42 bits per heavy atom. The van der Waals surface area contributed by atoms with E-state index in [1.807, 2.05) is 6.20 Å². The zero-order valence-electron chi connectivity index (χ0n) is 11.5. The van der Waals surface area contributed by atoms with Gasteiger partial charge in [0.1, 0.15) is 0 Å². The van der Waals surface area contributed by atoms with Crippen LogP contribution in [0.3, 0.4) is 0 Å². The van der Waals surface area contributed by atoms with Crippen molar-refractivity contribution in [3.8, 4) is 0 Å². The van der Waals surface area contributed by atoms with Crippen LogP contribution in [0.25, 0.3) is 0 Å². The maximum Gasteiger partial charge on any atom is 0.313 e. The van der Waals surface area contributed by atoms with E-state index in [2.05, 4.69) is 28.4 Å². The summed E-state index contributed by atoms with van der Waals surface area (Å²) >= 11 is 1.31.